The van der Waals surface area contributed by atoms with E-state index in [9.17, 15) is 9.59 Å². The van der Waals surface area contributed by atoms with Crippen LogP contribution in [0.1, 0.15) is 39.3 Å². The standard InChI is InChI=1S/C18H24N2O5/c1-5-23-12-8-9-14(24-6-2)13(10-12)16-15(17(21)25-7-3)11(4)19-18(22)20-16/h8-10,16H,5-7H2,1-4H3,(H2,19,20,22)/t16-/m1/s1. The van der Waals surface area contributed by atoms with Gasteiger partial charge in [0.1, 0.15) is 11.5 Å². The monoisotopic (exact) mass is 348 g/mol. The van der Waals surface area contributed by atoms with Gasteiger partial charge in [-0.2, -0.15) is 0 Å². The van der Waals surface area contributed by atoms with Crippen LogP contribution in [0.4, 0.5) is 4.79 Å². The number of amides is 2. The smallest absolute Gasteiger partial charge is 0.338 e. The van der Waals surface area contributed by atoms with Crippen LogP contribution in [0.3, 0.4) is 0 Å². The molecule has 1 heterocycles. The molecule has 7 nitrogen and oxygen atoms in total. The lowest BCUT2D eigenvalue weighted by molar-refractivity contribution is -0.139. The average molecular weight is 348 g/mol. The molecule has 0 radical (unpaired) electrons. The van der Waals surface area contributed by atoms with Crippen LogP contribution in [-0.2, 0) is 9.53 Å². The Labute approximate surface area is 147 Å². The van der Waals surface area contributed by atoms with Crippen molar-refractivity contribution in [1.29, 1.82) is 0 Å². The van der Waals surface area contributed by atoms with Gasteiger partial charge in [-0.1, -0.05) is 0 Å². The Morgan fingerprint density at radius 3 is 2.48 bits per heavy atom. The van der Waals surface area contributed by atoms with Gasteiger partial charge in [0.25, 0.3) is 0 Å². The zero-order valence-corrected chi connectivity index (χ0v) is 15.0. The van der Waals surface area contributed by atoms with Crippen molar-refractivity contribution in [2.24, 2.45) is 0 Å². The van der Waals surface area contributed by atoms with Crippen molar-refractivity contribution in [1.82, 2.24) is 10.6 Å². The van der Waals surface area contributed by atoms with E-state index in [1.165, 1.54) is 0 Å². The van der Waals surface area contributed by atoms with Gasteiger partial charge in [0.2, 0.25) is 0 Å². The predicted molar refractivity (Wildman–Crippen MR) is 92.5 cm³/mol. The average Bonchev–Trinajstić information content (AvgIpc) is 2.56. The first-order valence-electron chi connectivity index (χ1n) is 8.36. The first kappa shape index (κ1) is 18.6. The summed E-state index contributed by atoms with van der Waals surface area (Å²) in [6.07, 6.45) is 0. The van der Waals surface area contributed by atoms with Crippen molar-refractivity contribution in [3.05, 3.63) is 35.0 Å². The molecule has 2 rings (SSSR count). The Kier molecular flexibility index (Phi) is 6.27. The second-order valence-corrected chi connectivity index (χ2v) is 5.36. The minimum atomic E-state index is -0.685. The second kappa shape index (κ2) is 8.41. The molecule has 2 N–H and O–H groups in total. The Balaban J connectivity index is 2.54. The maximum Gasteiger partial charge on any atom is 0.338 e. The van der Waals surface area contributed by atoms with Crippen LogP contribution in [0.5, 0.6) is 11.5 Å². The lowest BCUT2D eigenvalue weighted by atomic mass is 9.94. The fraction of sp³-hybridized carbons (Fsp3) is 0.444. The molecule has 0 saturated heterocycles. The minimum Gasteiger partial charge on any atom is -0.494 e. The van der Waals surface area contributed by atoms with E-state index in [0.717, 1.165) is 0 Å². The maximum atomic E-state index is 12.4. The van der Waals surface area contributed by atoms with Crippen molar-refractivity contribution in [3.8, 4) is 11.5 Å². The van der Waals surface area contributed by atoms with Gasteiger partial charge in [-0.05, 0) is 45.9 Å². The number of allylic oxidation sites excluding steroid dienone is 1. The highest BCUT2D eigenvalue weighted by Gasteiger charge is 2.34. The van der Waals surface area contributed by atoms with Crippen molar-refractivity contribution in [2.45, 2.75) is 33.7 Å². The summed E-state index contributed by atoms with van der Waals surface area (Å²) in [6, 6.07) is 4.27. The van der Waals surface area contributed by atoms with Crippen LogP contribution in [0, 0.1) is 0 Å². The number of carbonyl (C=O) groups excluding carboxylic acids is 2. The lowest BCUT2D eigenvalue weighted by Gasteiger charge is -2.29. The van der Waals surface area contributed by atoms with Gasteiger partial charge in [-0.25, -0.2) is 9.59 Å². The Morgan fingerprint density at radius 1 is 1.12 bits per heavy atom. The van der Waals surface area contributed by atoms with Gasteiger partial charge in [-0.15, -0.1) is 0 Å². The molecule has 0 unspecified atom stereocenters. The van der Waals surface area contributed by atoms with E-state index in [1.807, 2.05) is 13.8 Å². The number of hydrogen-bond acceptors (Lipinski definition) is 5. The summed E-state index contributed by atoms with van der Waals surface area (Å²) in [5, 5.41) is 5.39. The van der Waals surface area contributed by atoms with E-state index in [1.54, 1.807) is 32.0 Å². The molecule has 136 valence electrons. The minimum absolute atomic E-state index is 0.244. The van der Waals surface area contributed by atoms with Crippen LogP contribution >= 0.6 is 0 Å². The number of benzene rings is 1. The Morgan fingerprint density at radius 2 is 1.84 bits per heavy atom. The van der Waals surface area contributed by atoms with E-state index in [4.69, 9.17) is 14.2 Å². The van der Waals surface area contributed by atoms with Gasteiger partial charge < -0.3 is 24.8 Å². The van der Waals surface area contributed by atoms with Gasteiger partial charge in [0.15, 0.2) is 0 Å². The molecule has 1 aromatic carbocycles. The highest BCUT2D eigenvalue weighted by atomic mass is 16.5. The van der Waals surface area contributed by atoms with E-state index in [2.05, 4.69) is 10.6 Å². The molecule has 2 amide bonds. The summed E-state index contributed by atoms with van der Waals surface area (Å²) >= 11 is 0. The van der Waals surface area contributed by atoms with Gasteiger partial charge in [-0.3, -0.25) is 0 Å². The first-order chi connectivity index (χ1) is 12.0. The van der Waals surface area contributed by atoms with Crippen LogP contribution < -0.4 is 20.1 Å². The van der Waals surface area contributed by atoms with Crippen molar-refractivity contribution in [2.75, 3.05) is 19.8 Å². The summed E-state index contributed by atoms with van der Waals surface area (Å²) in [5.41, 5.74) is 1.44. The van der Waals surface area contributed by atoms with Gasteiger partial charge >= 0.3 is 12.0 Å². The van der Waals surface area contributed by atoms with E-state index >= 15 is 0 Å². The molecule has 25 heavy (non-hydrogen) atoms. The van der Waals surface area contributed by atoms with E-state index < -0.39 is 12.0 Å². The van der Waals surface area contributed by atoms with Gasteiger partial charge in [0.05, 0.1) is 31.4 Å². The third-order valence-corrected chi connectivity index (χ3v) is 3.67. The van der Waals surface area contributed by atoms with Crippen LogP contribution in [0.2, 0.25) is 0 Å². The molecule has 0 fully saturated rings. The van der Waals surface area contributed by atoms with Crippen molar-refractivity contribution >= 4 is 12.0 Å². The molecule has 0 saturated carbocycles. The molecule has 1 atom stereocenters. The molecule has 0 spiro atoms. The second-order valence-electron chi connectivity index (χ2n) is 5.36. The molecular weight excluding hydrogens is 324 g/mol. The zero-order valence-electron chi connectivity index (χ0n) is 15.0. The number of carbonyl (C=O) groups is 2. The molecule has 1 aromatic rings. The zero-order chi connectivity index (χ0) is 18.4. The molecule has 0 aliphatic carbocycles. The van der Waals surface area contributed by atoms with Crippen molar-refractivity contribution in [3.63, 3.8) is 0 Å². The number of nitrogens with one attached hydrogen (secondary N) is 2. The fourth-order valence-corrected chi connectivity index (χ4v) is 2.70. The lowest BCUT2D eigenvalue weighted by Crippen LogP contribution is -2.45. The predicted octanol–water partition coefficient (Wildman–Crippen LogP) is 2.68. The van der Waals surface area contributed by atoms with Crippen molar-refractivity contribution < 1.29 is 23.8 Å². The largest absolute Gasteiger partial charge is 0.494 e. The number of ether oxygens (including phenoxy) is 3. The van der Waals surface area contributed by atoms with E-state index in [-0.39, 0.29) is 12.6 Å². The third-order valence-electron chi connectivity index (χ3n) is 3.67. The van der Waals surface area contributed by atoms with Crippen LogP contribution in [0.25, 0.3) is 0 Å². The third kappa shape index (κ3) is 4.23. The van der Waals surface area contributed by atoms with E-state index in [0.29, 0.717) is 41.5 Å². The molecule has 0 aromatic heterocycles. The highest BCUT2D eigenvalue weighted by Crippen LogP contribution is 2.36. The normalized spacial score (nSPS) is 16.8. The summed E-state index contributed by atoms with van der Waals surface area (Å²) in [5.74, 6) is 0.726. The molecule has 7 heteroatoms. The summed E-state index contributed by atoms with van der Waals surface area (Å²) in [4.78, 5) is 24.4. The molecular formula is C18H24N2O5. The Bertz CT molecular complexity index is 684. The maximum absolute atomic E-state index is 12.4. The fourth-order valence-electron chi connectivity index (χ4n) is 2.70. The Hall–Kier alpha value is -2.70. The first-order valence-corrected chi connectivity index (χ1v) is 8.36. The summed E-state index contributed by atoms with van der Waals surface area (Å²) in [7, 11) is 0. The van der Waals surface area contributed by atoms with Crippen LogP contribution in [0.15, 0.2) is 29.5 Å². The molecule has 1 aliphatic heterocycles. The SMILES string of the molecule is CCOC(=O)C1=C(C)NC(=O)N[C@@H]1c1cc(OCC)ccc1OCC. The summed E-state index contributed by atoms with van der Waals surface area (Å²) < 4.78 is 16.4. The van der Waals surface area contributed by atoms with Crippen LogP contribution in [-0.4, -0.2) is 31.8 Å². The highest BCUT2D eigenvalue weighted by molar-refractivity contribution is 5.95. The topological polar surface area (TPSA) is 85.9 Å². The molecule has 1 aliphatic rings. The number of esters is 1. The number of hydrogen-bond donors (Lipinski definition) is 2. The van der Waals surface area contributed by atoms with Gasteiger partial charge in [0, 0.05) is 11.3 Å². The summed E-state index contributed by atoms with van der Waals surface area (Å²) in [6.45, 7) is 8.37. The molecule has 0 bridgehead atoms. The number of rotatable bonds is 7. The quantitative estimate of drug-likeness (QED) is 0.740. The number of urea groups is 1.